The van der Waals surface area contributed by atoms with Crippen molar-refractivity contribution in [1.29, 1.82) is 0 Å². The lowest BCUT2D eigenvalue weighted by Crippen LogP contribution is -2.09. The zero-order valence-electron chi connectivity index (χ0n) is 26.0. The summed E-state index contributed by atoms with van der Waals surface area (Å²) in [7, 11) is 0. The Hall–Kier alpha value is -6.52. The maximum absolute atomic E-state index is 5.54. The van der Waals surface area contributed by atoms with E-state index >= 15 is 0 Å². The van der Waals surface area contributed by atoms with Crippen molar-refractivity contribution in [1.82, 2.24) is 14.5 Å². The predicted octanol–water partition coefficient (Wildman–Crippen LogP) is 11.7. The standard InChI is InChI=1S/C44H28N4/c1-4-14-29(15-5-1)47(30-16-6-2-7-17-30)32-24-25-35-37(28-32)33-20-10-11-21-34(33)42-43(35)46-44-38(45-42)26-27-40-41(44)36-22-12-13-23-39(36)48(40)31-18-8-3-9-19-31/h1-28H. The minimum Gasteiger partial charge on any atom is -0.310 e. The van der Waals surface area contributed by atoms with Gasteiger partial charge in [0.25, 0.3) is 0 Å². The third-order valence-corrected chi connectivity index (χ3v) is 9.50. The Morgan fingerprint density at radius 1 is 0.375 bits per heavy atom. The van der Waals surface area contributed by atoms with Gasteiger partial charge in [-0.1, -0.05) is 103 Å². The summed E-state index contributed by atoms with van der Waals surface area (Å²) >= 11 is 0. The van der Waals surface area contributed by atoms with Crippen molar-refractivity contribution in [2.75, 3.05) is 4.90 Å². The van der Waals surface area contributed by atoms with Crippen LogP contribution in [0.4, 0.5) is 17.1 Å². The number of benzene rings is 8. The fourth-order valence-corrected chi connectivity index (χ4v) is 7.43. The molecule has 224 valence electrons. The summed E-state index contributed by atoms with van der Waals surface area (Å²) in [5, 5.41) is 6.80. The molecular weight excluding hydrogens is 585 g/mol. The zero-order valence-corrected chi connectivity index (χ0v) is 26.0. The lowest BCUT2D eigenvalue weighted by Gasteiger charge is -2.26. The molecule has 0 unspecified atom stereocenters. The first-order valence-corrected chi connectivity index (χ1v) is 16.3. The molecule has 0 saturated heterocycles. The Kier molecular flexibility index (Phi) is 5.84. The van der Waals surface area contributed by atoms with Gasteiger partial charge in [0.15, 0.2) is 0 Å². The van der Waals surface area contributed by atoms with Crippen molar-refractivity contribution >= 4 is 82.5 Å². The molecule has 0 aliphatic heterocycles. The second-order valence-corrected chi connectivity index (χ2v) is 12.2. The molecule has 0 radical (unpaired) electrons. The Labute approximate surface area is 276 Å². The molecule has 10 rings (SSSR count). The molecule has 8 aromatic carbocycles. The van der Waals surface area contributed by atoms with Gasteiger partial charge in [-0.3, -0.25) is 0 Å². The van der Waals surface area contributed by atoms with E-state index in [1.807, 2.05) is 0 Å². The molecule has 2 heterocycles. The van der Waals surface area contributed by atoms with E-state index in [4.69, 9.17) is 9.97 Å². The molecule has 4 heteroatoms. The molecule has 0 spiro atoms. The van der Waals surface area contributed by atoms with Gasteiger partial charge in [-0.25, -0.2) is 9.97 Å². The summed E-state index contributed by atoms with van der Waals surface area (Å²) in [6.45, 7) is 0. The fourth-order valence-electron chi connectivity index (χ4n) is 7.43. The molecule has 48 heavy (non-hydrogen) atoms. The Bertz CT molecular complexity index is 2780. The van der Waals surface area contributed by atoms with Crippen molar-refractivity contribution in [3.63, 3.8) is 0 Å². The first-order chi connectivity index (χ1) is 23.8. The predicted molar refractivity (Wildman–Crippen MR) is 201 cm³/mol. The van der Waals surface area contributed by atoms with Crippen molar-refractivity contribution in [2.45, 2.75) is 0 Å². The van der Waals surface area contributed by atoms with Crippen LogP contribution in [0.5, 0.6) is 0 Å². The smallest absolute Gasteiger partial charge is 0.0995 e. The summed E-state index contributed by atoms with van der Waals surface area (Å²) in [6, 6.07) is 59.9. The number of nitrogens with zero attached hydrogens (tertiary/aromatic N) is 4. The highest BCUT2D eigenvalue weighted by atomic mass is 15.1. The normalized spacial score (nSPS) is 11.8. The minimum absolute atomic E-state index is 0.895. The van der Waals surface area contributed by atoms with E-state index in [0.29, 0.717) is 0 Å². The number of fused-ring (bicyclic) bond motifs is 11. The molecular formula is C44H28N4. The van der Waals surface area contributed by atoms with Gasteiger partial charge in [-0.05, 0) is 77.5 Å². The van der Waals surface area contributed by atoms with E-state index in [0.717, 1.165) is 77.4 Å². The monoisotopic (exact) mass is 612 g/mol. The van der Waals surface area contributed by atoms with Crippen LogP contribution in [0.2, 0.25) is 0 Å². The molecule has 0 aliphatic carbocycles. The van der Waals surface area contributed by atoms with E-state index in [1.165, 1.54) is 10.8 Å². The largest absolute Gasteiger partial charge is 0.310 e. The minimum atomic E-state index is 0.895. The number of anilines is 3. The van der Waals surface area contributed by atoms with E-state index in [-0.39, 0.29) is 0 Å². The van der Waals surface area contributed by atoms with Gasteiger partial charge in [-0.15, -0.1) is 0 Å². The van der Waals surface area contributed by atoms with E-state index in [2.05, 4.69) is 179 Å². The van der Waals surface area contributed by atoms with Crippen molar-refractivity contribution in [2.24, 2.45) is 0 Å². The quantitative estimate of drug-likeness (QED) is 0.146. The average Bonchev–Trinajstić information content (AvgIpc) is 3.50. The second-order valence-electron chi connectivity index (χ2n) is 12.2. The number of aromatic nitrogens is 3. The topological polar surface area (TPSA) is 34.0 Å². The molecule has 0 atom stereocenters. The van der Waals surface area contributed by atoms with Crippen molar-refractivity contribution in [3.8, 4) is 5.69 Å². The molecule has 4 nitrogen and oxygen atoms in total. The van der Waals surface area contributed by atoms with Crippen molar-refractivity contribution in [3.05, 3.63) is 170 Å². The molecule has 2 aromatic heterocycles. The van der Waals surface area contributed by atoms with Gasteiger partial charge in [-0.2, -0.15) is 0 Å². The third-order valence-electron chi connectivity index (χ3n) is 9.50. The number of rotatable bonds is 4. The van der Waals surface area contributed by atoms with Crippen LogP contribution in [-0.2, 0) is 0 Å². The molecule has 0 bridgehead atoms. The molecule has 10 aromatic rings. The molecule has 0 N–H and O–H groups in total. The van der Waals surface area contributed by atoms with Crippen LogP contribution in [0.25, 0.3) is 71.1 Å². The lowest BCUT2D eigenvalue weighted by molar-refractivity contribution is 1.18. The van der Waals surface area contributed by atoms with Crippen LogP contribution in [-0.4, -0.2) is 14.5 Å². The molecule has 0 fully saturated rings. The van der Waals surface area contributed by atoms with Crippen LogP contribution >= 0.6 is 0 Å². The van der Waals surface area contributed by atoms with Gasteiger partial charge in [0, 0.05) is 44.3 Å². The maximum Gasteiger partial charge on any atom is 0.0995 e. The van der Waals surface area contributed by atoms with E-state index < -0.39 is 0 Å². The van der Waals surface area contributed by atoms with E-state index in [1.54, 1.807) is 0 Å². The second kappa shape index (κ2) is 10.5. The lowest BCUT2D eigenvalue weighted by atomic mass is 9.98. The van der Waals surface area contributed by atoms with Crippen LogP contribution in [0.3, 0.4) is 0 Å². The third kappa shape index (κ3) is 3.96. The van der Waals surface area contributed by atoms with Crippen LogP contribution < -0.4 is 4.90 Å². The summed E-state index contributed by atoms with van der Waals surface area (Å²) in [6.07, 6.45) is 0. The summed E-state index contributed by atoms with van der Waals surface area (Å²) < 4.78 is 2.34. The number of hydrogen-bond donors (Lipinski definition) is 0. The highest BCUT2D eigenvalue weighted by Gasteiger charge is 2.20. The van der Waals surface area contributed by atoms with Gasteiger partial charge >= 0.3 is 0 Å². The van der Waals surface area contributed by atoms with Crippen LogP contribution in [0.15, 0.2) is 170 Å². The SMILES string of the molecule is c1ccc(N(c2ccccc2)c2ccc3c(c2)c2ccccc2c2nc4ccc5c(c6ccccc6n5-c5ccccc5)c4nc32)cc1. The molecule has 0 amide bonds. The molecule has 0 aliphatic rings. The van der Waals surface area contributed by atoms with Crippen LogP contribution in [0, 0.1) is 0 Å². The highest BCUT2D eigenvalue weighted by molar-refractivity contribution is 6.26. The Morgan fingerprint density at radius 2 is 0.958 bits per heavy atom. The molecule has 0 saturated carbocycles. The van der Waals surface area contributed by atoms with Gasteiger partial charge in [0.2, 0.25) is 0 Å². The van der Waals surface area contributed by atoms with Gasteiger partial charge in [0.1, 0.15) is 0 Å². The number of para-hydroxylation sites is 4. The number of hydrogen-bond acceptors (Lipinski definition) is 3. The Balaban J connectivity index is 1.30. The average molecular weight is 613 g/mol. The van der Waals surface area contributed by atoms with E-state index in [9.17, 15) is 0 Å². The van der Waals surface area contributed by atoms with Crippen LogP contribution in [0.1, 0.15) is 0 Å². The Morgan fingerprint density at radius 3 is 1.69 bits per heavy atom. The van der Waals surface area contributed by atoms with Gasteiger partial charge in [0.05, 0.1) is 33.1 Å². The maximum atomic E-state index is 5.54. The first kappa shape index (κ1) is 26.7. The van der Waals surface area contributed by atoms with Crippen molar-refractivity contribution < 1.29 is 0 Å². The highest BCUT2D eigenvalue weighted by Crippen LogP contribution is 2.42. The first-order valence-electron chi connectivity index (χ1n) is 16.3. The zero-order chi connectivity index (χ0) is 31.6. The summed E-state index contributed by atoms with van der Waals surface area (Å²) in [4.78, 5) is 13.2. The van der Waals surface area contributed by atoms with Gasteiger partial charge < -0.3 is 9.47 Å². The summed E-state index contributed by atoms with van der Waals surface area (Å²) in [5.41, 5.74) is 10.4. The fraction of sp³-hybridized carbons (Fsp3) is 0. The summed E-state index contributed by atoms with van der Waals surface area (Å²) in [5.74, 6) is 0.